The third-order valence-electron chi connectivity index (χ3n) is 4.38. The van der Waals surface area contributed by atoms with Crippen LogP contribution in [-0.2, 0) is 12.7 Å². The molecule has 1 aliphatic rings. The summed E-state index contributed by atoms with van der Waals surface area (Å²) < 4.78 is 38.3. The van der Waals surface area contributed by atoms with Crippen LogP contribution in [0.2, 0.25) is 0 Å². The summed E-state index contributed by atoms with van der Waals surface area (Å²) in [5.74, 6) is 0.747. The Morgan fingerprint density at radius 2 is 1.70 bits per heavy atom. The number of hydrogen-bond acceptors (Lipinski definition) is 2. The minimum absolute atomic E-state index is 0.553. The molecule has 2 nitrogen and oxygen atoms in total. The first kappa shape index (κ1) is 18.3. The number of piperazine rings is 1. The van der Waals surface area contributed by atoms with Crippen molar-refractivity contribution in [2.75, 3.05) is 32.7 Å². The quantitative estimate of drug-likeness (QED) is 0.770. The maximum atomic E-state index is 12.8. The van der Waals surface area contributed by atoms with Gasteiger partial charge in [-0.2, -0.15) is 13.2 Å². The fourth-order valence-corrected chi connectivity index (χ4v) is 3.00. The second-order valence-electron chi connectivity index (χ2n) is 6.85. The molecule has 5 heteroatoms. The largest absolute Gasteiger partial charge is 0.416 e. The van der Waals surface area contributed by atoms with Crippen LogP contribution in [0.3, 0.4) is 0 Å². The van der Waals surface area contributed by atoms with E-state index in [2.05, 4.69) is 23.6 Å². The molecule has 23 heavy (non-hydrogen) atoms. The van der Waals surface area contributed by atoms with Crippen LogP contribution in [-0.4, -0.2) is 42.5 Å². The zero-order chi connectivity index (χ0) is 16.9. The standard InChI is InChI=1S/C18H27F3N2/c1-15(2)5-4-8-22-9-11-23(12-10-22)14-16-6-3-7-17(13-16)18(19,20)21/h3,6-7,13,15H,4-5,8-12,14H2,1-2H3. The highest BCUT2D eigenvalue weighted by molar-refractivity contribution is 5.25. The fraction of sp³-hybridized carbons (Fsp3) is 0.667. The number of benzene rings is 1. The third kappa shape index (κ3) is 6.15. The lowest BCUT2D eigenvalue weighted by molar-refractivity contribution is -0.137. The second kappa shape index (κ2) is 8.15. The van der Waals surface area contributed by atoms with E-state index in [1.54, 1.807) is 6.07 Å². The Kier molecular flexibility index (Phi) is 6.48. The molecule has 0 atom stereocenters. The maximum absolute atomic E-state index is 12.8. The molecule has 0 aromatic heterocycles. The number of rotatable bonds is 6. The average Bonchev–Trinajstić information content (AvgIpc) is 2.48. The molecule has 0 saturated carbocycles. The van der Waals surface area contributed by atoms with Crippen LogP contribution in [0.5, 0.6) is 0 Å². The Bertz CT molecular complexity index is 477. The van der Waals surface area contributed by atoms with E-state index in [4.69, 9.17) is 0 Å². The van der Waals surface area contributed by atoms with Gasteiger partial charge in [0, 0.05) is 32.7 Å². The van der Waals surface area contributed by atoms with Gasteiger partial charge >= 0.3 is 6.18 Å². The maximum Gasteiger partial charge on any atom is 0.416 e. The van der Waals surface area contributed by atoms with E-state index in [1.807, 2.05) is 0 Å². The molecule has 1 fully saturated rings. The molecule has 1 aliphatic heterocycles. The molecule has 1 aromatic carbocycles. The zero-order valence-electron chi connectivity index (χ0n) is 14.1. The Balaban J connectivity index is 1.78. The number of alkyl halides is 3. The molecule has 0 radical (unpaired) electrons. The van der Waals surface area contributed by atoms with Crippen LogP contribution < -0.4 is 0 Å². The molecular formula is C18H27F3N2. The van der Waals surface area contributed by atoms with Crippen molar-refractivity contribution in [1.29, 1.82) is 0 Å². The number of hydrogen-bond donors (Lipinski definition) is 0. The number of halogens is 3. The van der Waals surface area contributed by atoms with E-state index in [9.17, 15) is 13.2 Å². The van der Waals surface area contributed by atoms with Crippen molar-refractivity contribution in [3.63, 3.8) is 0 Å². The predicted octanol–water partition coefficient (Wildman–Crippen LogP) is 4.26. The monoisotopic (exact) mass is 328 g/mol. The Morgan fingerprint density at radius 1 is 1.04 bits per heavy atom. The number of nitrogens with zero attached hydrogens (tertiary/aromatic N) is 2. The molecule has 0 amide bonds. The van der Waals surface area contributed by atoms with E-state index >= 15 is 0 Å². The summed E-state index contributed by atoms with van der Waals surface area (Å²) in [7, 11) is 0. The van der Waals surface area contributed by atoms with Gasteiger partial charge in [-0.1, -0.05) is 32.0 Å². The Hall–Kier alpha value is -1.07. The summed E-state index contributed by atoms with van der Waals surface area (Å²) in [4.78, 5) is 4.71. The first-order valence-corrected chi connectivity index (χ1v) is 8.45. The summed E-state index contributed by atoms with van der Waals surface area (Å²) in [6.07, 6.45) is -1.78. The van der Waals surface area contributed by atoms with Crippen molar-refractivity contribution in [3.05, 3.63) is 35.4 Å². The molecule has 0 unspecified atom stereocenters. The van der Waals surface area contributed by atoms with Crippen LogP contribution in [0.25, 0.3) is 0 Å². The topological polar surface area (TPSA) is 6.48 Å². The van der Waals surface area contributed by atoms with Crippen LogP contribution in [0.1, 0.15) is 37.8 Å². The summed E-state index contributed by atoms with van der Waals surface area (Å²) in [6, 6.07) is 5.69. The van der Waals surface area contributed by atoms with Gasteiger partial charge in [0.25, 0.3) is 0 Å². The van der Waals surface area contributed by atoms with Crippen molar-refractivity contribution >= 4 is 0 Å². The van der Waals surface area contributed by atoms with Gasteiger partial charge in [0.2, 0.25) is 0 Å². The minimum atomic E-state index is -4.26. The lowest BCUT2D eigenvalue weighted by Crippen LogP contribution is -2.46. The van der Waals surface area contributed by atoms with Crippen LogP contribution in [0.4, 0.5) is 13.2 Å². The van der Waals surface area contributed by atoms with Crippen LogP contribution in [0, 0.1) is 5.92 Å². The molecule has 2 rings (SSSR count). The Labute approximate surface area is 137 Å². The first-order chi connectivity index (χ1) is 10.8. The van der Waals surface area contributed by atoms with Crippen molar-refractivity contribution in [3.8, 4) is 0 Å². The molecule has 130 valence electrons. The van der Waals surface area contributed by atoms with Gasteiger partial charge in [-0.05, 0) is 36.9 Å². The third-order valence-corrected chi connectivity index (χ3v) is 4.38. The van der Waals surface area contributed by atoms with Gasteiger partial charge in [0.05, 0.1) is 5.56 Å². The van der Waals surface area contributed by atoms with Gasteiger partial charge in [-0.25, -0.2) is 0 Å². The molecular weight excluding hydrogens is 301 g/mol. The molecule has 0 spiro atoms. The highest BCUT2D eigenvalue weighted by atomic mass is 19.4. The lowest BCUT2D eigenvalue weighted by Gasteiger charge is -2.35. The average molecular weight is 328 g/mol. The molecule has 0 bridgehead atoms. The van der Waals surface area contributed by atoms with Gasteiger partial charge < -0.3 is 4.90 Å². The van der Waals surface area contributed by atoms with Crippen molar-refractivity contribution < 1.29 is 13.2 Å². The summed E-state index contributed by atoms with van der Waals surface area (Å²) in [6.45, 7) is 10.1. The van der Waals surface area contributed by atoms with E-state index < -0.39 is 11.7 Å². The predicted molar refractivity (Wildman–Crippen MR) is 87.2 cm³/mol. The SMILES string of the molecule is CC(C)CCCN1CCN(Cc2cccc(C(F)(F)F)c2)CC1. The highest BCUT2D eigenvalue weighted by Gasteiger charge is 2.30. The van der Waals surface area contributed by atoms with Crippen molar-refractivity contribution in [2.24, 2.45) is 5.92 Å². The van der Waals surface area contributed by atoms with Crippen molar-refractivity contribution in [1.82, 2.24) is 9.80 Å². The van der Waals surface area contributed by atoms with Gasteiger partial charge in [-0.3, -0.25) is 4.90 Å². The van der Waals surface area contributed by atoms with E-state index in [0.717, 1.165) is 50.3 Å². The second-order valence-corrected chi connectivity index (χ2v) is 6.85. The van der Waals surface area contributed by atoms with Gasteiger partial charge in [0.15, 0.2) is 0 Å². The highest BCUT2D eigenvalue weighted by Crippen LogP contribution is 2.29. The minimum Gasteiger partial charge on any atom is -0.301 e. The van der Waals surface area contributed by atoms with E-state index in [0.29, 0.717) is 6.54 Å². The van der Waals surface area contributed by atoms with Crippen LogP contribution in [0.15, 0.2) is 24.3 Å². The molecule has 1 saturated heterocycles. The summed E-state index contributed by atoms with van der Waals surface area (Å²) in [5, 5.41) is 0. The smallest absolute Gasteiger partial charge is 0.301 e. The zero-order valence-corrected chi connectivity index (χ0v) is 14.1. The Morgan fingerprint density at radius 3 is 2.30 bits per heavy atom. The van der Waals surface area contributed by atoms with Crippen molar-refractivity contribution in [2.45, 2.75) is 39.4 Å². The van der Waals surface area contributed by atoms with Crippen LogP contribution >= 0.6 is 0 Å². The summed E-state index contributed by atoms with van der Waals surface area (Å²) >= 11 is 0. The van der Waals surface area contributed by atoms with Gasteiger partial charge in [-0.15, -0.1) is 0 Å². The normalized spacial score (nSPS) is 17.8. The fourth-order valence-electron chi connectivity index (χ4n) is 3.00. The lowest BCUT2D eigenvalue weighted by atomic mass is 10.1. The van der Waals surface area contributed by atoms with E-state index in [-0.39, 0.29) is 0 Å². The van der Waals surface area contributed by atoms with E-state index in [1.165, 1.54) is 25.0 Å². The molecule has 1 heterocycles. The molecule has 0 aliphatic carbocycles. The first-order valence-electron chi connectivity index (χ1n) is 8.45. The molecule has 0 N–H and O–H groups in total. The van der Waals surface area contributed by atoms with Gasteiger partial charge in [0.1, 0.15) is 0 Å². The summed E-state index contributed by atoms with van der Waals surface area (Å²) in [5.41, 5.74) is 0.190. The molecule has 1 aromatic rings.